The van der Waals surface area contributed by atoms with Crippen LogP contribution >= 0.6 is 0 Å². The van der Waals surface area contributed by atoms with E-state index in [-0.39, 0.29) is 27.3 Å². The van der Waals surface area contributed by atoms with Crippen molar-refractivity contribution in [2.45, 2.75) is 15.9 Å². The number of nitrogens with zero attached hydrogens (tertiary/aromatic N) is 5. The molecule has 2 aliphatic rings. The van der Waals surface area contributed by atoms with Gasteiger partial charge in [0.25, 0.3) is 0 Å². The Labute approximate surface area is 124 Å². The highest BCUT2D eigenvalue weighted by Gasteiger charge is 2.36. The molecule has 2 unspecified atom stereocenters. The molecule has 10 nitrogen and oxygen atoms in total. The second kappa shape index (κ2) is 3.89. The number of carbonyl (C=O) groups is 2. The monoisotopic (exact) mass is 340 g/mol. The fourth-order valence-electron chi connectivity index (χ4n) is 2.38. The maximum Gasteiger partial charge on any atom is 0.306 e. The topological polar surface area (TPSA) is 140 Å². The fraction of sp³-hybridized carbons (Fsp3) is 0.200. The van der Waals surface area contributed by atoms with Crippen molar-refractivity contribution in [2.24, 2.45) is 8.73 Å². The van der Waals surface area contributed by atoms with Crippen molar-refractivity contribution in [2.75, 3.05) is 6.26 Å². The summed E-state index contributed by atoms with van der Waals surface area (Å²) in [5.41, 5.74) is 0.0305. The maximum atomic E-state index is 12.9. The Hall–Kier alpha value is -2.34. The van der Waals surface area contributed by atoms with Crippen LogP contribution in [0.4, 0.5) is 0 Å². The van der Waals surface area contributed by atoms with Crippen molar-refractivity contribution in [1.29, 1.82) is 0 Å². The van der Waals surface area contributed by atoms with Crippen LogP contribution in [0.25, 0.3) is 0 Å². The highest BCUT2D eigenvalue weighted by molar-refractivity contribution is 7.94. The number of hydrogen-bond donors (Lipinski definition) is 1. The summed E-state index contributed by atoms with van der Waals surface area (Å²) in [6.07, 6.45) is 3.82. The smallest absolute Gasteiger partial charge is 0.306 e. The van der Waals surface area contributed by atoms with Crippen LogP contribution in [0.3, 0.4) is 0 Å². The molecule has 0 aromatic carbocycles. The maximum absolute atomic E-state index is 12.9. The Kier molecular flexibility index (Phi) is 2.36. The van der Waals surface area contributed by atoms with Gasteiger partial charge in [-0.3, -0.25) is 9.59 Å². The van der Waals surface area contributed by atoms with Crippen LogP contribution in [0.2, 0.25) is 0 Å². The van der Waals surface area contributed by atoms with Gasteiger partial charge in [0.1, 0.15) is 36.1 Å². The third kappa shape index (κ3) is 1.58. The number of imidazole rings is 2. The summed E-state index contributed by atoms with van der Waals surface area (Å²) < 4.78 is 33.5. The van der Waals surface area contributed by atoms with Gasteiger partial charge in [-0.05, 0) is 0 Å². The number of carbonyl (C=O) groups excluding carboxylic acids is 2. The Bertz CT molecular complexity index is 1110. The standard InChI is InChI=1S/C10H8N6O4S2/c1-21(19)10-6(8(18)14-21)16(3-13-10)4-22(20)9-5(7(17)15-22)11-2-12-9/h2-3H,4H2,1H3,(H,11,12). The molecule has 0 aliphatic carbocycles. The minimum Gasteiger partial charge on any atom is -0.336 e. The van der Waals surface area contributed by atoms with Gasteiger partial charge in [0.15, 0.2) is 10.7 Å². The summed E-state index contributed by atoms with van der Waals surface area (Å²) in [7, 11) is -6.00. The van der Waals surface area contributed by atoms with Crippen LogP contribution in [-0.2, 0) is 25.3 Å². The van der Waals surface area contributed by atoms with Crippen LogP contribution in [0.15, 0.2) is 31.4 Å². The van der Waals surface area contributed by atoms with Crippen LogP contribution < -0.4 is 0 Å². The van der Waals surface area contributed by atoms with Gasteiger partial charge >= 0.3 is 11.8 Å². The first-order valence-corrected chi connectivity index (χ1v) is 9.57. The Morgan fingerprint density at radius 1 is 1.18 bits per heavy atom. The van der Waals surface area contributed by atoms with E-state index in [0.717, 1.165) is 0 Å². The van der Waals surface area contributed by atoms with Crippen LogP contribution in [0, 0.1) is 0 Å². The van der Waals surface area contributed by atoms with E-state index in [1.807, 2.05) is 0 Å². The second-order valence-electron chi connectivity index (χ2n) is 4.81. The van der Waals surface area contributed by atoms with Crippen LogP contribution in [0.1, 0.15) is 21.0 Å². The molecule has 0 saturated carbocycles. The molecule has 1 N–H and O–H groups in total. The van der Waals surface area contributed by atoms with Crippen molar-refractivity contribution in [1.82, 2.24) is 19.5 Å². The molecule has 114 valence electrons. The van der Waals surface area contributed by atoms with Crippen molar-refractivity contribution in [3.05, 3.63) is 24.0 Å². The average Bonchev–Trinajstić information content (AvgIpc) is 3.10. The van der Waals surface area contributed by atoms with Crippen molar-refractivity contribution in [3.8, 4) is 0 Å². The number of hydrogen-bond acceptors (Lipinski definition) is 6. The van der Waals surface area contributed by atoms with Gasteiger partial charge in [-0.1, -0.05) is 0 Å². The third-order valence-electron chi connectivity index (χ3n) is 3.29. The first-order valence-electron chi connectivity index (χ1n) is 5.96. The largest absolute Gasteiger partial charge is 0.336 e. The van der Waals surface area contributed by atoms with E-state index in [1.165, 1.54) is 23.5 Å². The molecule has 2 amide bonds. The lowest BCUT2D eigenvalue weighted by molar-refractivity contribution is 0.0992. The summed E-state index contributed by atoms with van der Waals surface area (Å²) in [6, 6.07) is 0. The van der Waals surface area contributed by atoms with E-state index in [0.29, 0.717) is 0 Å². The minimum atomic E-state index is -3.13. The molecule has 4 heterocycles. The molecule has 2 aliphatic heterocycles. The van der Waals surface area contributed by atoms with Gasteiger partial charge < -0.3 is 9.55 Å². The van der Waals surface area contributed by atoms with E-state index in [2.05, 4.69) is 23.7 Å². The molecular formula is C10H8N6O4S2. The molecule has 0 saturated heterocycles. The Morgan fingerprint density at radius 3 is 2.73 bits per heavy atom. The zero-order chi connectivity index (χ0) is 15.7. The predicted octanol–water partition coefficient (Wildman–Crippen LogP) is -0.145. The third-order valence-corrected chi connectivity index (χ3v) is 6.86. The van der Waals surface area contributed by atoms with Crippen molar-refractivity contribution in [3.63, 3.8) is 0 Å². The summed E-state index contributed by atoms with van der Waals surface area (Å²) in [4.78, 5) is 33.9. The quantitative estimate of drug-likeness (QED) is 0.806. The number of H-pyrrole nitrogens is 1. The molecule has 0 radical (unpaired) electrons. The lowest BCUT2D eigenvalue weighted by atomic mass is 10.4. The van der Waals surface area contributed by atoms with Crippen LogP contribution in [-0.4, -0.2) is 46.0 Å². The van der Waals surface area contributed by atoms with Crippen molar-refractivity contribution >= 4 is 31.3 Å². The summed E-state index contributed by atoms with van der Waals surface area (Å²) in [5, 5.41) is 0.189. The SMILES string of the molecule is CS1(=O)=NC(=O)c2c1ncn2CS1(=O)=NC(=O)c2nc[nH]c21. The number of aromatic nitrogens is 4. The highest BCUT2D eigenvalue weighted by Crippen LogP contribution is 2.29. The number of amides is 2. The number of rotatable bonds is 2. The van der Waals surface area contributed by atoms with Gasteiger partial charge in [-0.25, -0.2) is 18.4 Å². The predicted molar refractivity (Wildman–Crippen MR) is 73.1 cm³/mol. The van der Waals surface area contributed by atoms with Gasteiger partial charge in [0, 0.05) is 6.26 Å². The first-order chi connectivity index (χ1) is 10.3. The van der Waals surface area contributed by atoms with Gasteiger partial charge in [-0.15, -0.1) is 4.36 Å². The number of aromatic amines is 1. The molecule has 2 aromatic rings. The summed E-state index contributed by atoms with van der Waals surface area (Å²) in [5.74, 6) is -1.63. The first kappa shape index (κ1) is 13.3. The molecule has 4 rings (SSSR count). The van der Waals surface area contributed by atoms with E-state index < -0.39 is 31.3 Å². The normalized spacial score (nSPS) is 29.1. The number of nitrogens with one attached hydrogen (secondary N) is 1. The van der Waals surface area contributed by atoms with E-state index in [9.17, 15) is 18.0 Å². The van der Waals surface area contributed by atoms with Crippen LogP contribution in [0.5, 0.6) is 0 Å². The molecule has 12 heteroatoms. The Balaban J connectivity index is 1.85. The summed E-state index contributed by atoms with van der Waals surface area (Å²) in [6.45, 7) is 0. The lowest BCUT2D eigenvalue weighted by Crippen LogP contribution is -2.13. The molecule has 22 heavy (non-hydrogen) atoms. The van der Waals surface area contributed by atoms with Crippen molar-refractivity contribution < 1.29 is 18.0 Å². The molecule has 0 fully saturated rings. The average molecular weight is 340 g/mol. The molecule has 0 spiro atoms. The Morgan fingerprint density at radius 2 is 1.95 bits per heavy atom. The highest BCUT2D eigenvalue weighted by atomic mass is 32.2. The molecule has 2 aromatic heterocycles. The van der Waals surface area contributed by atoms with Gasteiger partial charge in [0.05, 0.1) is 12.7 Å². The minimum absolute atomic E-state index is 0.0112. The summed E-state index contributed by atoms with van der Waals surface area (Å²) >= 11 is 0. The zero-order valence-electron chi connectivity index (χ0n) is 11.0. The van der Waals surface area contributed by atoms with Gasteiger partial charge in [0.2, 0.25) is 0 Å². The molecular weight excluding hydrogens is 332 g/mol. The lowest BCUT2D eigenvalue weighted by Gasteiger charge is -2.06. The van der Waals surface area contributed by atoms with Gasteiger partial charge in [-0.2, -0.15) is 4.36 Å². The fourth-order valence-corrected chi connectivity index (χ4v) is 5.56. The molecule has 0 bridgehead atoms. The zero-order valence-corrected chi connectivity index (χ0v) is 12.7. The van der Waals surface area contributed by atoms with E-state index >= 15 is 0 Å². The number of fused-ring (bicyclic) bond motifs is 2. The second-order valence-corrected chi connectivity index (χ2v) is 9.12. The van der Waals surface area contributed by atoms with E-state index in [4.69, 9.17) is 0 Å². The van der Waals surface area contributed by atoms with E-state index in [1.54, 1.807) is 0 Å². The molecule has 2 atom stereocenters.